The molecule has 1 fully saturated rings. The van der Waals surface area contributed by atoms with E-state index in [0.29, 0.717) is 19.0 Å². The van der Waals surface area contributed by atoms with Crippen LogP contribution in [-0.2, 0) is 23.0 Å². The molecule has 4 rings (SSSR count). The quantitative estimate of drug-likeness (QED) is 0.655. The lowest BCUT2D eigenvalue weighted by molar-refractivity contribution is 0.167. The summed E-state index contributed by atoms with van der Waals surface area (Å²) in [4.78, 5) is 2.66. The van der Waals surface area contributed by atoms with Gasteiger partial charge in [-0.15, -0.1) is 12.4 Å². The summed E-state index contributed by atoms with van der Waals surface area (Å²) >= 11 is 6.17. The summed E-state index contributed by atoms with van der Waals surface area (Å²) < 4.78 is 33.1. The molecule has 0 spiro atoms. The van der Waals surface area contributed by atoms with Gasteiger partial charge < -0.3 is 4.74 Å². The summed E-state index contributed by atoms with van der Waals surface area (Å²) in [5.41, 5.74) is 2.69. The van der Waals surface area contributed by atoms with E-state index in [2.05, 4.69) is 17.0 Å². The highest BCUT2D eigenvalue weighted by molar-refractivity contribution is 7.89. The maximum Gasteiger partial charge on any atom is 0.244 e. The normalized spacial score (nSPS) is 20.3. The lowest BCUT2D eigenvalue weighted by Crippen LogP contribution is -2.44. The number of nitrogens with zero attached hydrogens (tertiary/aromatic N) is 2. The second kappa shape index (κ2) is 9.88. The van der Waals surface area contributed by atoms with E-state index in [0.717, 1.165) is 44.6 Å². The van der Waals surface area contributed by atoms with Gasteiger partial charge in [-0.05, 0) is 60.6 Å². The largest absolute Gasteiger partial charge is 0.497 e. The predicted octanol–water partition coefficient (Wildman–Crippen LogP) is 4.23. The van der Waals surface area contributed by atoms with Gasteiger partial charge in [0.2, 0.25) is 10.0 Å². The molecule has 1 unspecified atom stereocenters. The number of methoxy groups -OCH3 is 1. The number of benzene rings is 2. The third-order valence-corrected chi connectivity index (χ3v) is 8.32. The van der Waals surface area contributed by atoms with Crippen molar-refractivity contribution in [2.24, 2.45) is 5.92 Å². The molecular formula is C22H28Cl2N2O3S. The van der Waals surface area contributed by atoms with Crippen LogP contribution < -0.4 is 4.74 Å². The van der Waals surface area contributed by atoms with E-state index in [9.17, 15) is 8.42 Å². The number of hydrogen-bond donors (Lipinski definition) is 0. The molecule has 164 valence electrons. The van der Waals surface area contributed by atoms with Gasteiger partial charge in [-0.2, -0.15) is 4.31 Å². The van der Waals surface area contributed by atoms with Crippen LogP contribution in [-0.4, -0.2) is 50.9 Å². The van der Waals surface area contributed by atoms with Gasteiger partial charge in [0.1, 0.15) is 10.6 Å². The Morgan fingerprint density at radius 1 is 1.13 bits per heavy atom. The van der Waals surface area contributed by atoms with E-state index in [1.165, 1.54) is 11.1 Å². The Labute approximate surface area is 190 Å². The predicted molar refractivity (Wildman–Crippen MR) is 122 cm³/mol. The highest BCUT2D eigenvalue weighted by Gasteiger charge is 2.32. The summed E-state index contributed by atoms with van der Waals surface area (Å²) in [5, 5.41) is 0.290. The molecule has 2 aromatic rings. The first-order valence-electron chi connectivity index (χ1n) is 10.1. The van der Waals surface area contributed by atoms with Crippen LogP contribution in [0.2, 0.25) is 5.02 Å². The second-order valence-corrected chi connectivity index (χ2v) is 10.2. The van der Waals surface area contributed by atoms with Gasteiger partial charge in [-0.25, -0.2) is 8.42 Å². The second-order valence-electron chi connectivity index (χ2n) is 7.92. The van der Waals surface area contributed by atoms with Crippen LogP contribution in [0.25, 0.3) is 0 Å². The van der Waals surface area contributed by atoms with Crippen molar-refractivity contribution in [3.8, 4) is 5.75 Å². The number of hydrogen-bond acceptors (Lipinski definition) is 4. The van der Waals surface area contributed by atoms with Crippen LogP contribution in [0, 0.1) is 5.92 Å². The molecule has 0 radical (unpaired) electrons. The number of ether oxygens (including phenoxy) is 1. The maximum absolute atomic E-state index is 13.1. The van der Waals surface area contributed by atoms with Crippen molar-refractivity contribution < 1.29 is 13.2 Å². The Morgan fingerprint density at radius 2 is 1.93 bits per heavy atom. The van der Waals surface area contributed by atoms with Crippen LogP contribution in [0.5, 0.6) is 5.75 Å². The van der Waals surface area contributed by atoms with Gasteiger partial charge in [0.25, 0.3) is 0 Å². The molecule has 0 bridgehead atoms. The molecule has 2 aromatic carbocycles. The Hall–Kier alpha value is -1.31. The minimum Gasteiger partial charge on any atom is -0.497 e. The Bertz CT molecular complexity index is 984. The summed E-state index contributed by atoms with van der Waals surface area (Å²) in [7, 11) is -1.86. The minimum atomic E-state index is -3.55. The van der Waals surface area contributed by atoms with E-state index in [1.54, 1.807) is 35.7 Å². The molecule has 0 aliphatic carbocycles. The van der Waals surface area contributed by atoms with Crippen molar-refractivity contribution in [3.63, 3.8) is 0 Å². The molecule has 0 saturated carbocycles. The van der Waals surface area contributed by atoms with Gasteiger partial charge in [-0.1, -0.05) is 29.8 Å². The van der Waals surface area contributed by atoms with Crippen LogP contribution >= 0.6 is 24.0 Å². The number of halogens is 2. The summed E-state index contributed by atoms with van der Waals surface area (Å²) in [6.45, 7) is 3.94. The standard InChI is InChI=1S/C22H27ClN2O3S.ClH/c1-28-20-9-8-19-16-24(12-10-18(19)13-20)14-17-5-4-11-25(15-17)29(26,27)22-7-3-2-6-21(22)23;/h2-3,6-9,13,17H,4-5,10-12,14-16H2,1H3;1H. The third kappa shape index (κ3) is 4.94. The fraction of sp³-hybridized carbons (Fsp3) is 0.455. The van der Waals surface area contributed by atoms with Crippen LogP contribution in [0.1, 0.15) is 24.0 Å². The van der Waals surface area contributed by atoms with Crippen molar-refractivity contribution in [2.75, 3.05) is 33.3 Å². The van der Waals surface area contributed by atoms with E-state index in [4.69, 9.17) is 16.3 Å². The van der Waals surface area contributed by atoms with Crippen molar-refractivity contribution >= 4 is 34.0 Å². The van der Waals surface area contributed by atoms with Crippen molar-refractivity contribution in [3.05, 3.63) is 58.6 Å². The van der Waals surface area contributed by atoms with Crippen LogP contribution in [0.3, 0.4) is 0 Å². The average molecular weight is 471 g/mol. The molecule has 30 heavy (non-hydrogen) atoms. The lowest BCUT2D eigenvalue weighted by Gasteiger charge is -2.36. The first kappa shape index (κ1) is 23.4. The summed E-state index contributed by atoms with van der Waals surface area (Å²) in [6, 6.07) is 13.0. The fourth-order valence-corrected chi connectivity index (χ4v) is 6.47. The van der Waals surface area contributed by atoms with E-state index < -0.39 is 10.0 Å². The van der Waals surface area contributed by atoms with Crippen molar-refractivity contribution in [1.82, 2.24) is 9.21 Å². The summed E-state index contributed by atoms with van der Waals surface area (Å²) in [6.07, 6.45) is 2.94. The smallest absolute Gasteiger partial charge is 0.244 e. The van der Waals surface area contributed by atoms with Crippen LogP contribution in [0.4, 0.5) is 0 Å². The zero-order valence-electron chi connectivity index (χ0n) is 17.1. The van der Waals surface area contributed by atoms with Gasteiger partial charge in [0.05, 0.1) is 12.1 Å². The SMILES string of the molecule is COc1ccc2c(c1)CCN(CC1CCCN(S(=O)(=O)c3ccccc3Cl)C1)C2.Cl. The molecule has 8 heteroatoms. The summed E-state index contributed by atoms with van der Waals surface area (Å²) in [5.74, 6) is 1.24. The van der Waals surface area contributed by atoms with Gasteiger partial charge in [-0.3, -0.25) is 4.90 Å². The molecule has 0 amide bonds. The minimum absolute atomic E-state index is 0. The first-order valence-corrected chi connectivity index (χ1v) is 11.9. The number of rotatable bonds is 5. The molecule has 5 nitrogen and oxygen atoms in total. The molecule has 0 aromatic heterocycles. The molecule has 2 heterocycles. The van der Waals surface area contributed by atoms with Crippen molar-refractivity contribution in [1.29, 1.82) is 0 Å². The molecule has 0 N–H and O–H groups in total. The van der Waals surface area contributed by atoms with E-state index >= 15 is 0 Å². The van der Waals surface area contributed by atoms with Gasteiger partial charge >= 0.3 is 0 Å². The van der Waals surface area contributed by atoms with Gasteiger partial charge in [0, 0.05) is 32.7 Å². The average Bonchev–Trinajstić information content (AvgIpc) is 2.73. The highest BCUT2D eigenvalue weighted by Crippen LogP contribution is 2.30. The molecule has 2 aliphatic rings. The number of sulfonamides is 1. The third-order valence-electron chi connectivity index (χ3n) is 5.96. The topological polar surface area (TPSA) is 49.9 Å². The van der Waals surface area contributed by atoms with Gasteiger partial charge in [0.15, 0.2) is 0 Å². The zero-order valence-corrected chi connectivity index (χ0v) is 19.5. The van der Waals surface area contributed by atoms with E-state index in [-0.39, 0.29) is 22.3 Å². The van der Waals surface area contributed by atoms with Crippen LogP contribution in [0.15, 0.2) is 47.4 Å². The molecule has 1 atom stereocenters. The Kier molecular flexibility index (Phi) is 7.69. The first-order chi connectivity index (χ1) is 14.0. The Balaban J connectivity index is 0.00000256. The fourth-order valence-electron chi connectivity index (χ4n) is 4.42. The van der Waals surface area contributed by atoms with Crippen molar-refractivity contribution in [2.45, 2.75) is 30.7 Å². The number of piperidine rings is 1. The Morgan fingerprint density at radius 3 is 2.70 bits per heavy atom. The molecular weight excluding hydrogens is 443 g/mol. The molecule has 1 saturated heterocycles. The zero-order chi connectivity index (χ0) is 20.4. The maximum atomic E-state index is 13.1. The number of fused-ring (bicyclic) bond motifs is 1. The van der Waals surface area contributed by atoms with E-state index in [1.807, 2.05) is 6.07 Å². The lowest BCUT2D eigenvalue weighted by atomic mass is 9.95. The monoisotopic (exact) mass is 470 g/mol. The highest BCUT2D eigenvalue weighted by atomic mass is 35.5. The molecule has 2 aliphatic heterocycles.